The average molecular weight is 216 g/mol. The van der Waals surface area contributed by atoms with E-state index in [0.717, 1.165) is 0 Å². The summed E-state index contributed by atoms with van der Waals surface area (Å²) in [6.07, 6.45) is 0. The van der Waals surface area contributed by atoms with E-state index in [2.05, 4.69) is 4.98 Å². The van der Waals surface area contributed by atoms with E-state index in [0.29, 0.717) is 17.6 Å². The molecule has 0 radical (unpaired) electrons. The minimum absolute atomic E-state index is 0.160. The highest BCUT2D eigenvalue weighted by Crippen LogP contribution is 2.59. The SMILES string of the molecule is CC(C)n1c2nc3c1OP(=O)(OC3)O2. The summed E-state index contributed by atoms with van der Waals surface area (Å²) in [5.74, 6) is 0.524. The lowest BCUT2D eigenvalue weighted by Crippen LogP contribution is -2.18. The van der Waals surface area contributed by atoms with E-state index in [1.807, 2.05) is 13.8 Å². The molecule has 14 heavy (non-hydrogen) atoms. The summed E-state index contributed by atoms with van der Waals surface area (Å²) in [6, 6.07) is 0.491. The van der Waals surface area contributed by atoms with Crippen molar-refractivity contribution in [3.63, 3.8) is 0 Å². The van der Waals surface area contributed by atoms with Crippen LogP contribution in [0.1, 0.15) is 25.6 Å². The van der Waals surface area contributed by atoms with Gasteiger partial charge in [-0.3, -0.25) is 9.09 Å². The quantitative estimate of drug-likeness (QED) is 0.670. The van der Waals surface area contributed by atoms with Gasteiger partial charge in [0, 0.05) is 6.04 Å². The van der Waals surface area contributed by atoms with Crippen molar-refractivity contribution >= 4 is 7.82 Å². The molecule has 3 rings (SSSR count). The van der Waals surface area contributed by atoms with Crippen LogP contribution in [0.25, 0.3) is 0 Å². The predicted octanol–water partition coefficient (Wildman–Crippen LogP) is 1.87. The van der Waals surface area contributed by atoms with Crippen molar-refractivity contribution in [2.45, 2.75) is 26.5 Å². The van der Waals surface area contributed by atoms with E-state index in [4.69, 9.17) is 13.6 Å². The Morgan fingerprint density at radius 1 is 1.50 bits per heavy atom. The highest BCUT2D eigenvalue weighted by molar-refractivity contribution is 7.49. The first kappa shape index (κ1) is 8.32. The monoisotopic (exact) mass is 216 g/mol. The molecule has 3 heterocycles. The van der Waals surface area contributed by atoms with Crippen LogP contribution in [-0.2, 0) is 15.7 Å². The zero-order valence-corrected chi connectivity index (χ0v) is 8.65. The first-order chi connectivity index (χ1) is 6.59. The third-order valence-electron chi connectivity index (χ3n) is 2.17. The summed E-state index contributed by atoms with van der Waals surface area (Å²) in [5.41, 5.74) is 0.651. The van der Waals surface area contributed by atoms with Gasteiger partial charge in [-0.25, -0.2) is 4.57 Å². The van der Waals surface area contributed by atoms with Crippen molar-refractivity contribution in [2.24, 2.45) is 0 Å². The molecule has 0 aliphatic carbocycles. The first-order valence-electron chi connectivity index (χ1n) is 4.34. The molecular weight excluding hydrogens is 207 g/mol. The summed E-state index contributed by atoms with van der Waals surface area (Å²) in [7, 11) is -3.39. The van der Waals surface area contributed by atoms with E-state index in [-0.39, 0.29) is 12.6 Å². The normalized spacial score (nSPS) is 27.6. The fourth-order valence-corrected chi connectivity index (χ4v) is 2.73. The number of hydrogen-bond donors (Lipinski definition) is 0. The Bertz CT molecular complexity index is 453. The van der Waals surface area contributed by atoms with E-state index in [9.17, 15) is 4.57 Å². The van der Waals surface area contributed by atoms with E-state index < -0.39 is 7.82 Å². The van der Waals surface area contributed by atoms with Crippen LogP contribution in [0, 0.1) is 0 Å². The third-order valence-corrected chi connectivity index (χ3v) is 3.40. The molecule has 0 saturated heterocycles. The molecule has 1 unspecified atom stereocenters. The van der Waals surface area contributed by atoms with Crippen molar-refractivity contribution in [3.05, 3.63) is 5.69 Å². The van der Waals surface area contributed by atoms with Gasteiger partial charge in [0.15, 0.2) is 0 Å². The lowest BCUT2D eigenvalue weighted by atomic mass is 10.4. The fourth-order valence-electron chi connectivity index (χ4n) is 1.57. The van der Waals surface area contributed by atoms with Gasteiger partial charge >= 0.3 is 13.8 Å². The Morgan fingerprint density at radius 2 is 2.29 bits per heavy atom. The minimum Gasteiger partial charge on any atom is -0.376 e. The molecule has 0 aromatic carbocycles. The molecule has 1 aromatic rings. The lowest BCUT2D eigenvalue weighted by Gasteiger charge is -2.27. The van der Waals surface area contributed by atoms with Crippen LogP contribution < -0.4 is 9.05 Å². The van der Waals surface area contributed by atoms with Crippen LogP contribution in [0.15, 0.2) is 0 Å². The lowest BCUT2D eigenvalue weighted by molar-refractivity contribution is 0.160. The fraction of sp³-hybridized carbons (Fsp3) is 0.571. The van der Waals surface area contributed by atoms with Gasteiger partial charge in [0.25, 0.3) is 0 Å². The molecule has 0 N–H and O–H groups in total. The van der Waals surface area contributed by atoms with Crippen molar-refractivity contribution in [2.75, 3.05) is 0 Å². The number of rotatable bonds is 1. The number of aromatic nitrogens is 2. The summed E-state index contributed by atoms with van der Waals surface area (Å²) in [6.45, 7) is 4.15. The maximum absolute atomic E-state index is 11.7. The van der Waals surface area contributed by atoms with Crippen LogP contribution in [-0.4, -0.2) is 9.55 Å². The van der Waals surface area contributed by atoms with Gasteiger partial charge in [-0.2, -0.15) is 4.98 Å². The number of fused-ring (bicyclic) bond motifs is 2. The summed E-state index contributed by atoms with van der Waals surface area (Å²) >= 11 is 0. The van der Waals surface area contributed by atoms with Crippen molar-refractivity contribution in [3.8, 4) is 11.9 Å². The van der Waals surface area contributed by atoms with Crippen LogP contribution in [0.3, 0.4) is 0 Å². The maximum atomic E-state index is 11.7. The third kappa shape index (κ3) is 0.898. The number of phosphoric ester groups is 1. The molecule has 2 aliphatic heterocycles. The van der Waals surface area contributed by atoms with Gasteiger partial charge < -0.3 is 9.05 Å². The van der Waals surface area contributed by atoms with Crippen molar-refractivity contribution < 1.29 is 18.1 Å². The summed E-state index contributed by atoms with van der Waals surface area (Å²) in [4.78, 5) is 4.14. The molecule has 0 spiro atoms. The molecule has 0 fully saturated rings. The van der Waals surface area contributed by atoms with Gasteiger partial charge in [-0.1, -0.05) is 0 Å². The standard InChI is InChI=1S/C7H9N2O4P/c1-4(2)9-6-5-3-11-14(10,12-6)13-7(9)8-5/h4H,3H2,1-2H3. The first-order valence-corrected chi connectivity index (χ1v) is 5.80. The van der Waals surface area contributed by atoms with Crippen LogP contribution in [0.5, 0.6) is 11.9 Å². The molecule has 2 aliphatic rings. The maximum Gasteiger partial charge on any atom is 0.591 e. The predicted molar refractivity (Wildman–Crippen MR) is 46.3 cm³/mol. The Labute approximate surface area is 80.4 Å². The van der Waals surface area contributed by atoms with Crippen LogP contribution in [0.2, 0.25) is 0 Å². The Balaban J connectivity index is 2.24. The van der Waals surface area contributed by atoms with Gasteiger partial charge in [-0.05, 0) is 13.8 Å². The second-order valence-electron chi connectivity index (χ2n) is 3.51. The van der Waals surface area contributed by atoms with E-state index in [1.165, 1.54) is 0 Å². The molecule has 6 nitrogen and oxygen atoms in total. The summed E-state index contributed by atoms with van der Waals surface area (Å²) < 4.78 is 28.6. The van der Waals surface area contributed by atoms with Gasteiger partial charge in [0.2, 0.25) is 5.88 Å². The number of imidazole rings is 1. The largest absolute Gasteiger partial charge is 0.591 e. The molecule has 3 bridgehead atoms. The van der Waals surface area contributed by atoms with Crippen LogP contribution in [0.4, 0.5) is 0 Å². The molecule has 1 aromatic heterocycles. The molecule has 1 atom stereocenters. The van der Waals surface area contributed by atoms with Crippen molar-refractivity contribution in [1.82, 2.24) is 9.55 Å². The van der Waals surface area contributed by atoms with E-state index in [1.54, 1.807) is 4.57 Å². The minimum atomic E-state index is -3.39. The molecular formula is C7H9N2O4P. The highest BCUT2D eigenvalue weighted by Gasteiger charge is 2.46. The number of nitrogens with zero attached hydrogens (tertiary/aromatic N) is 2. The number of hydrogen-bond acceptors (Lipinski definition) is 5. The zero-order valence-electron chi connectivity index (χ0n) is 7.76. The Morgan fingerprint density at radius 3 is 3.00 bits per heavy atom. The van der Waals surface area contributed by atoms with Gasteiger partial charge in [0.05, 0.1) is 0 Å². The summed E-state index contributed by atoms with van der Waals surface area (Å²) in [5, 5.41) is 0. The van der Waals surface area contributed by atoms with Gasteiger partial charge in [0.1, 0.15) is 12.3 Å². The Kier molecular flexibility index (Phi) is 1.38. The molecule has 0 amide bonds. The van der Waals surface area contributed by atoms with Gasteiger partial charge in [-0.15, -0.1) is 0 Å². The number of phosphoric acid groups is 1. The molecule has 7 heteroatoms. The van der Waals surface area contributed by atoms with Crippen molar-refractivity contribution in [1.29, 1.82) is 0 Å². The zero-order chi connectivity index (χ0) is 9.92. The van der Waals surface area contributed by atoms with E-state index >= 15 is 0 Å². The molecule has 76 valence electrons. The second kappa shape index (κ2) is 2.32. The second-order valence-corrected chi connectivity index (χ2v) is 5.03. The van der Waals surface area contributed by atoms with Crippen LogP contribution >= 0.6 is 7.82 Å². The average Bonchev–Trinajstić information content (AvgIpc) is 2.22. The highest BCUT2D eigenvalue weighted by atomic mass is 31.2. The molecule has 0 saturated carbocycles. The Hall–Kier alpha value is -1.00. The topological polar surface area (TPSA) is 62.6 Å². The smallest absolute Gasteiger partial charge is 0.376 e.